The van der Waals surface area contributed by atoms with E-state index in [0.717, 1.165) is 62.6 Å². The van der Waals surface area contributed by atoms with Gasteiger partial charge in [0.1, 0.15) is 18.3 Å². The van der Waals surface area contributed by atoms with E-state index in [-0.39, 0.29) is 12.0 Å². The molecular formula is C26H34NO4+. The maximum Gasteiger partial charge on any atom is 0.346 e. The zero-order valence-corrected chi connectivity index (χ0v) is 18.4. The Morgan fingerprint density at radius 1 is 1.10 bits per heavy atom. The van der Waals surface area contributed by atoms with E-state index in [0.29, 0.717) is 17.7 Å². The number of piperidine rings is 3. The van der Waals surface area contributed by atoms with Crippen molar-refractivity contribution in [2.24, 2.45) is 11.8 Å². The van der Waals surface area contributed by atoms with Crippen molar-refractivity contribution in [3.63, 3.8) is 0 Å². The van der Waals surface area contributed by atoms with Gasteiger partial charge < -0.3 is 18.7 Å². The third kappa shape index (κ3) is 3.52. The Bertz CT molecular complexity index is 881. The van der Waals surface area contributed by atoms with Gasteiger partial charge in [0.2, 0.25) is 5.60 Å². The molecular weight excluding hydrogens is 390 g/mol. The third-order valence-electron chi connectivity index (χ3n) is 8.48. The van der Waals surface area contributed by atoms with Crippen LogP contribution in [0.1, 0.15) is 62.8 Å². The number of aliphatic hydroxyl groups is 1. The fraction of sp³-hybridized carbons (Fsp3) is 0.577. The summed E-state index contributed by atoms with van der Waals surface area (Å²) in [5.74, 6) is 0.0563. The minimum Gasteiger partial charge on any atom is -0.466 e. The molecule has 1 aliphatic carbocycles. The Kier molecular flexibility index (Phi) is 5.43. The smallest absolute Gasteiger partial charge is 0.346 e. The van der Waals surface area contributed by atoms with E-state index in [1.165, 1.54) is 11.8 Å². The van der Waals surface area contributed by atoms with Crippen molar-refractivity contribution >= 4 is 5.97 Å². The van der Waals surface area contributed by atoms with E-state index in [9.17, 15) is 9.90 Å². The molecule has 1 saturated carbocycles. The van der Waals surface area contributed by atoms with E-state index in [1.807, 2.05) is 0 Å². The molecule has 3 aliphatic heterocycles. The molecule has 3 saturated heterocycles. The molecule has 3 atom stereocenters. The van der Waals surface area contributed by atoms with Crippen molar-refractivity contribution in [3.05, 3.63) is 60.1 Å². The molecule has 2 bridgehead atoms. The number of benzene rings is 1. The Hall–Kier alpha value is -2.11. The first-order valence-corrected chi connectivity index (χ1v) is 11.9. The maximum absolute atomic E-state index is 13.5. The zero-order chi connectivity index (χ0) is 21.5. The number of quaternary nitrogens is 1. The van der Waals surface area contributed by atoms with Gasteiger partial charge in [-0.05, 0) is 31.9 Å². The number of furan rings is 1. The number of esters is 1. The summed E-state index contributed by atoms with van der Waals surface area (Å²) in [6.45, 7) is 5.38. The Labute approximate surface area is 184 Å². The van der Waals surface area contributed by atoms with E-state index < -0.39 is 11.6 Å². The standard InChI is InChI=1S/C26H34NO4/c1-19(20-8-3-2-4-9-20)27-15-13-21(14-16-27)23(18-27)31-25(28)26(29,22-10-5-6-11-22)24-12-7-17-30-24/h2-4,7-9,12,17,19,21-23,29H,5-6,10-11,13-16,18H2,1H3/q+1/t19?,21?,23-,26-,27?/m0/s1. The normalized spacial score (nSPS) is 31.3. The fourth-order valence-corrected chi connectivity index (χ4v) is 6.43. The molecule has 5 nitrogen and oxygen atoms in total. The van der Waals surface area contributed by atoms with Crippen LogP contribution in [0, 0.1) is 11.8 Å². The largest absolute Gasteiger partial charge is 0.466 e. The molecule has 1 aromatic carbocycles. The number of hydrogen-bond donors (Lipinski definition) is 1. The van der Waals surface area contributed by atoms with Crippen LogP contribution in [0.15, 0.2) is 53.1 Å². The summed E-state index contributed by atoms with van der Waals surface area (Å²) in [5.41, 5.74) is -0.340. The van der Waals surface area contributed by atoms with Crippen molar-refractivity contribution < 1.29 is 23.5 Å². The summed E-state index contributed by atoms with van der Waals surface area (Å²) in [7, 11) is 0. The van der Waals surface area contributed by atoms with Crippen LogP contribution in [-0.4, -0.2) is 41.3 Å². The Balaban J connectivity index is 1.37. The highest BCUT2D eigenvalue weighted by Crippen LogP contribution is 2.45. The molecule has 4 heterocycles. The molecule has 0 radical (unpaired) electrons. The van der Waals surface area contributed by atoms with Gasteiger partial charge in [-0.2, -0.15) is 0 Å². The van der Waals surface area contributed by atoms with Gasteiger partial charge in [0.15, 0.2) is 6.10 Å². The van der Waals surface area contributed by atoms with Crippen LogP contribution in [0.25, 0.3) is 0 Å². The van der Waals surface area contributed by atoms with Gasteiger partial charge in [0.05, 0.1) is 19.4 Å². The molecule has 4 aliphatic rings. The van der Waals surface area contributed by atoms with Crippen LogP contribution >= 0.6 is 0 Å². The number of fused-ring (bicyclic) bond motifs is 3. The van der Waals surface area contributed by atoms with Gasteiger partial charge in [-0.15, -0.1) is 0 Å². The molecule has 1 aromatic heterocycles. The molecule has 31 heavy (non-hydrogen) atoms. The number of ether oxygens (including phenoxy) is 1. The van der Waals surface area contributed by atoms with Gasteiger partial charge in [0.25, 0.3) is 0 Å². The molecule has 1 unspecified atom stereocenters. The molecule has 166 valence electrons. The second kappa shape index (κ2) is 8.10. The van der Waals surface area contributed by atoms with Gasteiger partial charge in [-0.1, -0.05) is 43.2 Å². The summed E-state index contributed by atoms with van der Waals surface area (Å²) in [6.07, 6.45) is 7.22. The number of carbonyl (C=O) groups is 1. The predicted octanol–water partition coefficient (Wildman–Crippen LogP) is 4.57. The fourth-order valence-electron chi connectivity index (χ4n) is 6.43. The predicted molar refractivity (Wildman–Crippen MR) is 117 cm³/mol. The summed E-state index contributed by atoms with van der Waals surface area (Å²) in [5, 5.41) is 11.6. The van der Waals surface area contributed by atoms with Gasteiger partial charge in [-0.3, -0.25) is 0 Å². The first-order valence-electron chi connectivity index (χ1n) is 11.9. The molecule has 2 aromatic rings. The van der Waals surface area contributed by atoms with Crippen molar-refractivity contribution in [1.29, 1.82) is 0 Å². The first-order chi connectivity index (χ1) is 15.0. The second-order valence-corrected chi connectivity index (χ2v) is 9.94. The molecule has 4 fully saturated rings. The maximum atomic E-state index is 13.5. The summed E-state index contributed by atoms with van der Waals surface area (Å²) in [6, 6.07) is 14.5. The third-order valence-corrected chi connectivity index (χ3v) is 8.48. The molecule has 0 spiro atoms. The Morgan fingerprint density at radius 3 is 2.45 bits per heavy atom. The van der Waals surface area contributed by atoms with E-state index >= 15 is 0 Å². The minimum absolute atomic E-state index is 0.140. The lowest BCUT2D eigenvalue weighted by Gasteiger charge is -2.55. The quantitative estimate of drug-likeness (QED) is 0.545. The average Bonchev–Trinajstić information content (AvgIpc) is 3.54. The van der Waals surface area contributed by atoms with Crippen molar-refractivity contribution in [2.75, 3.05) is 19.6 Å². The minimum atomic E-state index is -1.68. The van der Waals surface area contributed by atoms with E-state index in [2.05, 4.69) is 37.3 Å². The highest BCUT2D eigenvalue weighted by atomic mass is 16.6. The zero-order valence-electron chi connectivity index (χ0n) is 18.4. The molecule has 6 rings (SSSR count). The van der Waals surface area contributed by atoms with Gasteiger partial charge in [0, 0.05) is 30.2 Å². The van der Waals surface area contributed by atoms with Gasteiger partial charge in [-0.25, -0.2) is 4.79 Å². The molecule has 5 heteroatoms. The summed E-state index contributed by atoms with van der Waals surface area (Å²) in [4.78, 5) is 13.5. The number of rotatable bonds is 6. The van der Waals surface area contributed by atoms with Gasteiger partial charge >= 0.3 is 5.97 Å². The lowest BCUT2D eigenvalue weighted by molar-refractivity contribution is -0.972. The number of nitrogens with zero attached hydrogens (tertiary/aromatic N) is 1. The first kappa shape index (κ1) is 20.8. The number of hydrogen-bond acceptors (Lipinski definition) is 4. The van der Waals surface area contributed by atoms with Crippen molar-refractivity contribution in [2.45, 2.75) is 63.2 Å². The Morgan fingerprint density at radius 2 is 1.81 bits per heavy atom. The van der Waals surface area contributed by atoms with Crippen molar-refractivity contribution in [1.82, 2.24) is 0 Å². The van der Waals surface area contributed by atoms with Crippen LogP contribution in [0.3, 0.4) is 0 Å². The summed E-state index contributed by atoms with van der Waals surface area (Å²) >= 11 is 0. The van der Waals surface area contributed by atoms with E-state index in [4.69, 9.17) is 9.15 Å². The highest BCUT2D eigenvalue weighted by molar-refractivity contribution is 5.81. The average molecular weight is 425 g/mol. The van der Waals surface area contributed by atoms with Crippen molar-refractivity contribution in [3.8, 4) is 0 Å². The lowest BCUT2D eigenvalue weighted by atomic mass is 9.80. The topological polar surface area (TPSA) is 59.7 Å². The van der Waals surface area contributed by atoms with Crippen LogP contribution in [0.4, 0.5) is 0 Å². The van der Waals surface area contributed by atoms with Crippen LogP contribution in [0.5, 0.6) is 0 Å². The second-order valence-electron chi connectivity index (χ2n) is 9.94. The van der Waals surface area contributed by atoms with E-state index in [1.54, 1.807) is 12.1 Å². The van der Waals surface area contributed by atoms with Crippen LogP contribution < -0.4 is 0 Å². The van der Waals surface area contributed by atoms with Crippen LogP contribution in [-0.2, 0) is 15.1 Å². The lowest BCUT2D eigenvalue weighted by Crippen LogP contribution is -2.65. The summed E-state index contributed by atoms with van der Waals surface area (Å²) < 4.78 is 12.7. The molecule has 1 N–H and O–H groups in total. The van der Waals surface area contributed by atoms with Crippen LogP contribution in [0.2, 0.25) is 0 Å². The number of carbonyl (C=O) groups excluding carboxylic acids is 1. The molecule has 0 amide bonds. The SMILES string of the molecule is CC(c1ccccc1)[N+]12CCC(CC1)[C@@H](OC(=O)[C@@](O)(c1ccco1)C1CCCC1)C2. The highest BCUT2D eigenvalue weighted by Gasteiger charge is 2.55. The monoisotopic (exact) mass is 424 g/mol.